The molecule has 2 saturated heterocycles. The van der Waals surface area contributed by atoms with E-state index in [0.29, 0.717) is 17.7 Å². The number of benzene rings is 2. The molecule has 2 aromatic rings. The van der Waals surface area contributed by atoms with Crippen molar-refractivity contribution in [2.24, 2.45) is 0 Å². The number of non-ortho nitro benzene ring substituents is 1. The SMILES string of the molecule is O=C1C(=O)N(CC2CCCO2)C(c2cccc([N+](=O)[O-])c2)C1=C(O)c1ccc(Br)cc1. The Morgan fingerprint density at radius 3 is 2.61 bits per heavy atom. The van der Waals surface area contributed by atoms with Gasteiger partial charge in [0.05, 0.1) is 22.6 Å². The van der Waals surface area contributed by atoms with Crippen LogP contribution in [0.1, 0.15) is 30.0 Å². The zero-order valence-electron chi connectivity index (χ0n) is 16.4. The normalized spacial score (nSPS) is 22.8. The highest BCUT2D eigenvalue weighted by molar-refractivity contribution is 9.10. The van der Waals surface area contributed by atoms with Gasteiger partial charge in [-0.1, -0.05) is 40.2 Å². The summed E-state index contributed by atoms with van der Waals surface area (Å²) in [6.45, 7) is 0.740. The number of nitrogens with zero attached hydrogens (tertiary/aromatic N) is 2. The molecular formula is C22H19BrN2O6. The maximum atomic E-state index is 13.0. The molecule has 4 rings (SSSR count). The molecule has 0 bridgehead atoms. The number of carbonyl (C=O) groups excluding carboxylic acids is 2. The number of likely N-dealkylation sites (tertiary alicyclic amines) is 1. The first kappa shape index (κ1) is 21.2. The van der Waals surface area contributed by atoms with E-state index < -0.39 is 22.7 Å². The molecule has 0 radical (unpaired) electrons. The first-order valence-corrected chi connectivity index (χ1v) is 10.6. The molecule has 1 amide bonds. The number of hydrogen-bond acceptors (Lipinski definition) is 6. The average molecular weight is 487 g/mol. The lowest BCUT2D eigenvalue weighted by Crippen LogP contribution is -2.36. The highest BCUT2D eigenvalue weighted by atomic mass is 79.9. The van der Waals surface area contributed by atoms with Crippen LogP contribution in [0.2, 0.25) is 0 Å². The Hall–Kier alpha value is -3.04. The number of Topliss-reactive ketones (excluding diaryl/α,β-unsaturated/α-hetero) is 1. The fourth-order valence-corrected chi connectivity index (χ4v) is 4.26. The summed E-state index contributed by atoms with van der Waals surface area (Å²) in [7, 11) is 0. The summed E-state index contributed by atoms with van der Waals surface area (Å²) in [4.78, 5) is 38.0. The lowest BCUT2D eigenvalue weighted by atomic mass is 9.95. The van der Waals surface area contributed by atoms with Gasteiger partial charge in [0.25, 0.3) is 17.4 Å². The number of halogens is 1. The van der Waals surface area contributed by atoms with Gasteiger partial charge < -0.3 is 14.7 Å². The number of hydrogen-bond donors (Lipinski definition) is 1. The van der Waals surface area contributed by atoms with E-state index in [1.54, 1.807) is 30.3 Å². The third-order valence-corrected chi connectivity index (χ3v) is 6.01. The van der Waals surface area contributed by atoms with Crippen molar-refractivity contribution in [1.82, 2.24) is 4.90 Å². The molecule has 2 fully saturated rings. The lowest BCUT2D eigenvalue weighted by molar-refractivity contribution is -0.384. The van der Waals surface area contributed by atoms with Gasteiger partial charge >= 0.3 is 0 Å². The third-order valence-electron chi connectivity index (χ3n) is 5.48. The highest BCUT2D eigenvalue weighted by Gasteiger charge is 2.47. The summed E-state index contributed by atoms with van der Waals surface area (Å²) in [5, 5.41) is 22.3. The summed E-state index contributed by atoms with van der Waals surface area (Å²) in [5.41, 5.74) is 0.494. The Morgan fingerprint density at radius 2 is 1.97 bits per heavy atom. The number of ether oxygens (including phenoxy) is 1. The van der Waals surface area contributed by atoms with E-state index in [2.05, 4.69) is 15.9 Å². The van der Waals surface area contributed by atoms with Crippen molar-refractivity contribution < 1.29 is 24.4 Å². The van der Waals surface area contributed by atoms with Crippen LogP contribution in [0.5, 0.6) is 0 Å². The van der Waals surface area contributed by atoms with Crippen LogP contribution in [0.25, 0.3) is 5.76 Å². The van der Waals surface area contributed by atoms with Crippen LogP contribution in [0.3, 0.4) is 0 Å². The Labute approximate surface area is 186 Å². The van der Waals surface area contributed by atoms with Crippen LogP contribution in [0.15, 0.2) is 58.6 Å². The number of rotatable bonds is 5. The minimum Gasteiger partial charge on any atom is -0.507 e. The van der Waals surface area contributed by atoms with E-state index in [-0.39, 0.29) is 29.7 Å². The number of nitro groups is 1. The summed E-state index contributed by atoms with van der Waals surface area (Å²) >= 11 is 3.32. The molecule has 0 spiro atoms. The Bertz CT molecular complexity index is 1080. The molecule has 2 aromatic carbocycles. The van der Waals surface area contributed by atoms with Gasteiger partial charge in [-0.05, 0) is 30.5 Å². The van der Waals surface area contributed by atoms with Gasteiger partial charge in [0.1, 0.15) is 5.76 Å². The van der Waals surface area contributed by atoms with Crippen LogP contribution in [-0.4, -0.2) is 45.9 Å². The first-order valence-electron chi connectivity index (χ1n) is 9.77. The monoisotopic (exact) mass is 486 g/mol. The maximum absolute atomic E-state index is 13.0. The van der Waals surface area contributed by atoms with Gasteiger partial charge in [0.15, 0.2) is 0 Å². The lowest BCUT2D eigenvalue weighted by Gasteiger charge is -2.27. The Kier molecular flexibility index (Phi) is 5.88. The van der Waals surface area contributed by atoms with Gasteiger partial charge in [-0.2, -0.15) is 0 Å². The molecule has 1 N–H and O–H groups in total. The van der Waals surface area contributed by atoms with Crippen LogP contribution >= 0.6 is 15.9 Å². The van der Waals surface area contributed by atoms with Crippen molar-refractivity contribution in [2.75, 3.05) is 13.2 Å². The predicted molar refractivity (Wildman–Crippen MR) is 115 cm³/mol. The largest absolute Gasteiger partial charge is 0.507 e. The summed E-state index contributed by atoms with van der Waals surface area (Å²) < 4.78 is 6.43. The predicted octanol–water partition coefficient (Wildman–Crippen LogP) is 3.96. The van der Waals surface area contributed by atoms with Crippen molar-refractivity contribution in [3.63, 3.8) is 0 Å². The highest BCUT2D eigenvalue weighted by Crippen LogP contribution is 2.41. The Morgan fingerprint density at radius 1 is 1.23 bits per heavy atom. The van der Waals surface area contributed by atoms with Crippen molar-refractivity contribution >= 4 is 39.1 Å². The standard InChI is InChI=1S/C22H19BrN2O6/c23-15-8-6-13(7-9-15)20(26)18-19(14-3-1-4-16(11-14)25(29)30)24(22(28)21(18)27)12-17-5-2-10-31-17/h1,3-4,6-9,11,17,19,26H,2,5,10,12H2. The van der Waals surface area contributed by atoms with Crippen LogP contribution < -0.4 is 0 Å². The second-order valence-electron chi connectivity index (χ2n) is 7.45. The molecule has 0 aliphatic carbocycles. The second kappa shape index (κ2) is 8.60. The molecule has 8 nitrogen and oxygen atoms in total. The molecule has 2 heterocycles. The van der Waals surface area contributed by atoms with Gasteiger partial charge in [-0.15, -0.1) is 0 Å². The molecule has 2 unspecified atom stereocenters. The van der Waals surface area contributed by atoms with E-state index in [1.165, 1.54) is 23.1 Å². The minimum absolute atomic E-state index is 0.0918. The molecule has 2 aliphatic rings. The van der Waals surface area contributed by atoms with E-state index in [1.807, 2.05) is 0 Å². The number of carbonyl (C=O) groups is 2. The molecule has 2 aliphatic heterocycles. The maximum Gasteiger partial charge on any atom is 0.295 e. The van der Waals surface area contributed by atoms with E-state index in [4.69, 9.17) is 4.74 Å². The molecule has 31 heavy (non-hydrogen) atoms. The quantitative estimate of drug-likeness (QED) is 0.225. The molecular weight excluding hydrogens is 468 g/mol. The first-order chi connectivity index (χ1) is 14.9. The smallest absolute Gasteiger partial charge is 0.295 e. The van der Waals surface area contributed by atoms with Crippen LogP contribution in [0, 0.1) is 10.1 Å². The fourth-order valence-electron chi connectivity index (χ4n) is 3.99. The number of nitro benzene ring substituents is 1. The van der Waals surface area contributed by atoms with E-state index in [0.717, 1.165) is 17.3 Å². The van der Waals surface area contributed by atoms with Crippen LogP contribution in [-0.2, 0) is 14.3 Å². The van der Waals surface area contributed by atoms with Gasteiger partial charge in [-0.3, -0.25) is 19.7 Å². The molecule has 0 aromatic heterocycles. The van der Waals surface area contributed by atoms with Crippen molar-refractivity contribution in [1.29, 1.82) is 0 Å². The summed E-state index contributed by atoms with van der Waals surface area (Å²) in [6, 6.07) is 11.5. The molecule has 0 saturated carbocycles. The number of amides is 1. The summed E-state index contributed by atoms with van der Waals surface area (Å²) in [6.07, 6.45) is 1.37. The molecule has 2 atom stereocenters. The zero-order chi connectivity index (χ0) is 22.1. The zero-order valence-corrected chi connectivity index (χ0v) is 17.9. The summed E-state index contributed by atoms with van der Waals surface area (Å²) in [5.74, 6) is -1.90. The van der Waals surface area contributed by atoms with Gasteiger partial charge in [-0.25, -0.2) is 0 Å². The van der Waals surface area contributed by atoms with Gasteiger partial charge in [0.2, 0.25) is 0 Å². The second-order valence-corrected chi connectivity index (χ2v) is 8.36. The van der Waals surface area contributed by atoms with Crippen molar-refractivity contribution in [3.05, 3.63) is 79.8 Å². The average Bonchev–Trinajstić information content (AvgIpc) is 3.36. The molecule has 160 valence electrons. The minimum atomic E-state index is -0.951. The molecule has 9 heteroatoms. The van der Waals surface area contributed by atoms with Crippen LogP contribution in [0.4, 0.5) is 5.69 Å². The number of ketones is 1. The van der Waals surface area contributed by atoms with E-state index >= 15 is 0 Å². The van der Waals surface area contributed by atoms with Crippen molar-refractivity contribution in [3.8, 4) is 0 Å². The van der Waals surface area contributed by atoms with Crippen molar-refractivity contribution in [2.45, 2.75) is 25.0 Å². The van der Waals surface area contributed by atoms with Gasteiger partial charge in [0, 0.05) is 35.3 Å². The fraction of sp³-hybridized carbons (Fsp3) is 0.273. The topological polar surface area (TPSA) is 110 Å². The number of aliphatic hydroxyl groups is 1. The number of aliphatic hydroxyl groups excluding tert-OH is 1. The Balaban J connectivity index is 1.85. The van der Waals surface area contributed by atoms with E-state index in [9.17, 15) is 24.8 Å². The third kappa shape index (κ3) is 4.11.